The minimum absolute atomic E-state index is 0.580. The normalized spacial score (nSPS) is 19.4. The summed E-state index contributed by atoms with van der Waals surface area (Å²) in [4.78, 5) is 1.54. The first-order valence-electron chi connectivity index (χ1n) is 7.02. The van der Waals surface area contributed by atoms with Gasteiger partial charge in [-0.1, -0.05) is 32.1 Å². The highest BCUT2D eigenvalue weighted by molar-refractivity contribution is 7.10. The van der Waals surface area contributed by atoms with Gasteiger partial charge in [0, 0.05) is 10.9 Å². The highest BCUT2D eigenvalue weighted by Gasteiger charge is 2.18. The van der Waals surface area contributed by atoms with E-state index in [0.29, 0.717) is 6.04 Å². The van der Waals surface area contributed by atoms with Crippen molar-refractivity contribution in [1.82, 2.24) is 5.32 Å². The molecule has 1 saturated carbocycles. The SMILES string of the molecule is CNC(CCC1CCCCC1)c1sccc1C. The molecule has 1 heterocycles. The third-order valence-corrected chi connectivity index (χ3v) is 5.29. The van der Waals surface area contributed by atoms with Crippen molar-refractivity contribution >= 4 is 11.3 Å². The van der Waals surface area contributed by atoms with Crippen molar-refractivity contribution in [2.45, 2.75) is 57.9 Å². The van der Waals surface area contributed by atoms with Gasteiger partial charge in [-0.2, -0.15) is 0 Å². The maximum atomic E-state index is 3.50. The van der Waals surface area contributed by atoms with Crippen LogP contribution in [0.4, 0.5) is 0 Å². The van der Waals surface area contributed by atoms with Gasteiger partial charge in [0.25, 0.3) is 0 Å². The Morgan fingerprint density at radius 3 is 2.71 bits per heavy atom. The number of rotatable bonds is 5. The molecule has 1 aromatic rings. The van der Waals surface area contributed by atoms with E-state index in [1.165, 1.54) is 50.5 Å². The minimum Gasteiger partial charge on any atom is -0.312 e. The monoisotopic (exact) mass is 251 g/mol. The van der Waals surface area contributed by atoms with Crippen molar-refractivity contribution in [2.75, 3.05) is 7.05 Å². The van der Waals surface area contributed by atoms with Gasteiger partial charge in [0.2, 0.25) is 0 Å². The summed E-state index contributed by atoms with van der Waals surface area (Å²) < 4.78 is 0. The van der Waals surface area contributed by atoms with E-state index in [1.54, 1.807) is 4.88 Å². The van der Waals surface area contributed by atoms with Crippen LogP contribution in [0.3, 0.4) is 0 Å². The van der Waals surface area contributed by atoms with Gasteiger partial charge < -0.3 is 5.32 Å². The van der Waals surface area contributed by atoms with Gasteiger partial charge in [-0.25, -0.2) is 0 Å². The van der Waals surface area contributed by atoms with Crippen LogP contribution in [0, 0.1) is 12.8 Å². The van der Waals surface area contributed by atoms with Crippen LogP contribution in [0.1, 0.15) is 61.4 Å². The summed E-state index contributed by atoms with van der Waals surface area (Å²) >= 11 is 1.91. The van der Waals surface area contributed by atoms with E-state index < -0.39 is 0 Å². The smallest absolute Gasteiger partial charge is 0.0415 e. The lowest BCUT2D eigenvalue weighted by Crippen LogP contribution is -2.18. The van der Waals surface area contributed by atoms with Crippen molar-refractivity contribution in [3.63, 3.8) is 0 Å². The minimum atomic E-state index is 0.580. The first-order chi connectivity index (χ1) is 8.31. The Bertz CT molecular complexity index is 325. The van der Waals surface area contributed by atoms with E-state index in [9.17, 15) is 0 Å². The molecule has 0 saturated heterocycles. The van der Waals surface area contributed by atoms with Crippen LogP contribution in [-0.4, -0.2) is 7.05 Å². The molecule has 17 heavy (non-hydrogen) atoms. The van der Waals surface area contributed by atoms with Crippen molar-refractivity contribution in [3.8, 4) is 0 Å². The lowest BCUT2D eigenvalue weighted by molar-refractivity contribution is 0.318. The fourth-order valence-electron chi connectivity index (χ4n) is 3.03. The predicted octanol–water partition coefficient (Wildman–Crippen LogP) is 4.68. The molecule has 1 N–H and O–H groups in total. The molecule has 1 fully saturated rings. The summed E-state index contributed by atoms with van der Waals surface area (Å²) in [5, 5.41) is 5.71. The summed E-state index contributed by atoms with van der Waals surface area (Å²) in [6, 6.07) is 2.82. The molecule has 1 aliphatic rings. The van der Waals surface area contributed by atoms with Crippen LogP contribution in [0.5, 0.6) is 0 Å². The summed E-state index contributed by atoms with van der Waals surface area (Å²) in [7, 11) is 2.10. The van der Waals surface area contributed by atoms with Crippen LogP contribution >= 0.6 is 11.3 Å². The Morgan fingerprint density at radius 2 is 2.12 bits per heavy atom. The predicted molar refractivity (Wildman–Crippen MR) is 76.7 cm³/mol. The molecule has 1 aliphatic carbocycles. The topological polar surface area (TPSA) is 12.0 Å². The molecule has 1 nitrogen and oxygen atoms in total. The number of aryl methyl sites for hydroxylation is 1. The molecule has 96 valence electrons. The highest BCUT2D eigenvalue weighted by atomic mass is 32.1. The molecule has 2 rings (SSSR count). The second-order valence-electron chi connectivity index (χ2n) is 5.39. The Morgan fingerprint density at radius 1 is 1.35 bits per heavy atom. The van der Waals surface area contributed by atoms with E-state index in [-0.39, 0.29) is 0 Å². The summed E-state index contributed by atoms with van der Waals surface area (Å²) in [5.74, 6) is 1.000. The fraction of sp³-hybridized carbons (Fsp3) is 0.733. The maximum Gasteiger partial charge on any atom is 0.0415 e. The Hall–Kier alpha value is -0.340. The highest BCUT2D eigenvalue weighted by Crippen LogP contribution is 2.32. The zero-order valence-corrected chi connectivity index (χ0v) is 12.0. The molecule has 1 aromatic heterocycles. The average molecular weight is 251 g/mol. The van der Waals surface area contributed by atoms with Gasteiger partial charge in [0.05, 0.1) is 0 Å². The molecule has 0 amide bonds. The average Bonchev–Trinajstić information content (AvgIpc) is 2.78. The molecule has 0 aliphatic heterocycles. The Balaban J connectivity index is 1.85. The first-order valence-corrected chi connectivity index (χ1v) is 7.90. The molecule has 0 radical (unpaired) electrons. The van der Waals surface area contributed by atoms with E-state index in [1.807, 2.05) is 11.3 Å². The van der Waals surface area contributed by atoms with Gasteiger partial charge in [-0.3, -0.25) is 0 Å². The Kier molecular flexibility index (Phi) is 5.05. The van der Waals surface area contributed by atoms with E-state index in [0.717, 1.165) is 5.92 Å². The van der Waals surface area contributed by atoms with Crippen molar-refractivity contribution in [2.24, 2.45) is 5.92 Å². The van der Waals surface area contributed by atoms with Crippen LogP contribution < -0.4 is 5.32 Å². The second-order valence-corrected chi connectivity index (χ2v) is 6.34. The van der Waals surface area contributed by atoms with Crippen LogP contribution in [0.2, 0.25) is 0 Å². The van der Waals surface area contributed by atoms with E-state index >= 15 is 0 Å². The van der Waals surface area contributed by atoms with Gasteiger partial charge in [0.1, 0.15) is 0 Å². The first kappa shape index (κ1) is 13.1. The molecule has 0 spiro atoms. The molecule has 0 bridgehead atoms. The summed E-state index contributed by atoms with van der Waals surface area (Å²) in [6.45, 7) is 2.23. The van der Waals surface area contributed by atoms with E-state index in [2.05, 4.69) is 30.7 Å². The van der Waals surface area contributed by atoms with Crippen LogP contribution in [-0.2, 0) is 0 Å². The number of hydrogen-bond donors (Lipinski definition) is 1. The van der Waals surface area contributed by atoms with Gasteiger partial charge in [0.15, 0.2) is 0 Å². The van der Waals surface area contributed by atoms with Crippen molar-refractivity contribution in [3.05, 3.63) is 21.9 Å². The van der Waals surface area contributed by atoms with E-state index in [4.69, 9.17) is 0 Å². The number of nitrogens with one attached hydrogen (secondary N) is 1. The van der Waals surface area contributed by atoms with Gasteiger partial charge in [-0.05, 0) is 49.7 Å². The summed E-state index contributed by atoms with van der Waals surface area (Å²) in [5.41, 5.74) is 1.46. The molecular weight excluding hydrogens is 226 g/mol. The summed E-state index contributed by atoms with van der Waals surface area (Å²) in [6.07, 6.45) is 10.1. The zero-order chi connectivity index (χ0) is 12.1. The van der Waals surface area contributed by atoms with Crippen molar-refractivity contribution in [1.29, 1.82) is 0 Å². The fourth-order valence-corrected chi connectivity index (χ4v) is 4.10. The number of thiophene rings is 1. The van der Waals surface area contributed by atoms with Crippen LogP contribution in [0.15, 0.2) is 11.4 Å². The standard InChI is InChI=1S/C15H25NS/c1-12-10-11-17-15(12)14(16-2)9-8-13-6-4-3-5-7-13/h10-11,13-14,16H,3-9H2,1-2H3. The van der Waals surface area contributed by atoms with Gasteiger partial charge >= 0.3 is 0 Å². The third-order valence-electron chi connectivity index (χ3n) is 4.15. The van der Waals surface area contributed by atoms with Crippen LogP contribution in [0.25, 0.3) is 0 Å². The maximum absolute atomic E-state index is 3.50. The zero-order valence-electron chi connectivity index (χ0n) is 11.2. The molecule has 1 atom stereocenters. The quantitative estimate of drug-likeness (QED) is 0.801. The lowest BCUT2D eigenvalue weighted by Gasteiger charge is -2.24. The molecular formula is C15H25NS. The van der Waals surface area contributed by atoms with Gasteiger partial charge in [-0.15, -0.1) is 11.3 Å². The Labute approximate surface area is 110 Å². The third kappa shape index (κ3) is 3.56. The number of hydrogen-bond acceptors (Lipinski definition) is 2. The largest absolute Gasteiger partial charge is 0.312 e. The molecule has 2 heteroatoms. The van der Waals surface area contributed by atoms with Crippen molar-refractivity contribution < 1.29 is 0 Å². The molecule has 0 aromatic carbocycles. The second kappa shape index (κ2) is 6.55. The lowest BCUT2D eigenvalue weighted by atomic mass is 9.85. The molecule has 1 unspecified atom stereocenters.